The van der Waals surface area contributed by atoms with Gasteiger partial charge in [0.05, 0.1) is 6.04 Å². The molecule has 2 aromatic rings. The number of nitrogens with one attached hydrogen (secondary N) is 1. The van der Waals surface area contributed by atoms with E-state index in [1.54, 1.807) is 0 Å². The van der Waals surface area contributed by atoms with Gasteiger partial charge in [0.15, 0.2) is 0 Å². The van der Waals surface area contributed by atoms with Gasteiger partial charge in [-0.2, -0.15) is 0 Å². The van der Waals surface area contributed by atoms with E-state index in [1.165, 1.54) is 0 Å². The molecule has 110 valence electrons. The second kappa shape index (κ2) is 7.38. The average Bonchev–Trinajstić information content (AvgIpc) is 2.48. The van der Waals surface area contributed by atoms with Crippen LogP contribution in [0.5, 0.6) is 0 Å². The van der Waals surface area contributed by atoms with Crippen LogP contribution in [0.1, 0.15) is 36.6 Å². The number of hydrogen-bond donors (Lipinski definition) is 2. The van der Waals surface area contributed by atoms with E-state index in [-0.39, 0.29) is 24.4 Å². The number of hydrogen-bond acceptors (Lipinski definition) is 2. The lowest BCUT2D eigenvalue weighted by Gasteiger charge is -2.17. The minimum Gasteiger partial charge on any atom is -0.350 e. The van der Waals surface area contributed by atoms with Crippen LogP contribution >= 0.6 is 15.9 Å². The van der Waals surface area contributed by atoms with Gasteiger partial charge in [0.1, 0.15) is 0 Å². The van der Waals surface area contributed by atoms with E-state index in [9.17, 15) is 4.79 Å². The third kappa shape index (κ3) is 4.69. The van der Waals surface area contributed by atoms with Crippen molar-refractivity contribution >= 4 is 21.8 Å². The van der Waals surface area contributed by atoms with E-state index >= 15 is 0 Å². The fourth-order valence-electron chi connectivity index (χ4n) is 2.15. The number of benzene rings is 2. The summed E-state index contributed by atoms with van der Waals surface area (Å²) < 4.78 is 1.02. The summed E-state index contributed by atoms with van der Waals surface area (Å²) in [4.78, 5) is 12.1. The number of rotatable bonds is 5. The van der Waals surface area contributed by atoms with Gasteiger partial charge in [0.2, 0.25) is 5.91 Å². The summed E-state index contributed by atoms with van der Waals surface area (Å²) in [7, 11) is 0. The summed E-state index contributed by atoms with van der Waals surface area (Å²) in [5.74, 6) is -0.0400. The molecule has 0 saturated heterocycles. The largest absolute Gasteiger partial charge is 0.350 e. The second-order valence-corrected chi connectivity index (χ2v) is 5.98. The molecule has 3 nitrogen and oxygen atoms in total. The Labute approximate surface area is 133 Å². The maximum absolute atomic E-state index is 12.1. The van der Waals surface area contributed by atoms with Gasteiger partial charge >= 0.3 is 0 Å². The maximum atomic E-state index is 12.1. The van der Waals surface area contributed by atoms with Crippen LogP contribution < -0.4 is 11.1 Å². The van der Waals surface area contributed by atoms with Gasteiger partial charge in [-0.15, -0.1) is 0 Å². The van der Waals surface area contributed by atoms with Gasteiger partial charge in [-0.1, -0.05) is 58.4 Å². The number of carbonyl (C=O) groups is 1. The lowest BCUT2D eigenvalue weighted by Crippen LogP contribution is -2.29. The highest BCUT2D eigenvalue weighted by molar-refractivity contribution is 9.10. The van der Waals surface area contributed by atoms with E-state index in [4.69, 9.17) is 5.73 Å². The third-order valence-electron chi connectivity index (χ3n) is 3.38. The minimum atomic E-state index is -0.275. The Bertz CT molecular complexity index is 583. The summed E-state index contributed by atoms with van der Waals surface area (Å²) in [6.45, 7) is 1.97. The van der Waals surface area contributed by atoms with Crippen LogP contribution in [0.4, 0.5) is 0 Å². The molecule has 0 aliphatic heterocycles. The van der Waals surface area contributed by atoms with Crippen LogP contribution in [0.2, 0.25) is 0 Å². The van der Waals surface area contributed by atoms with Gasteiger partial charge < -0.3 is 11.1 Å². The molecular weight excluding hydrogens is 328 g/mol. The van der Waals surface area contributed by atoms with Crippen LogP contribution in [0.25, 0.3) is 0 Å². The smallest absolute Gasteiger partial charge is 0.222 e. The lowest BCUT2D eigenvalue weighted by atomic mass is 10.0. The molecule has 0 radical (unpaired) electrons. The third-order valence-corrected chi connectivity index (χ3v) is 3.91. The van der Waals surface area contributed by atoms with Crippen LogP contribution in [0.15, 0.2) is 59.1 Å². The van der Waals surface area contributed by atoms with Crippen molar-refractivity contribution in [1.29, 1.82) is 0 Å². The quantitative estimate of drug-likeness (QED) is 0.866. The molecule has 3 N–H and O–H groups in total. The van der Waals surface area contributed by atoms with Crippen LogP contribution in [-0.2, 0) is 4.79 Å². The van der Waals surface area contributed by atoms with Crippen molar-refractivity contribution in [2.75, 3.05) is 0 Å². The zero-order valence-corrected chi connectivity index (χ0v) is 13.5. The predicted molar refractivity (Wildman–Crippen MR) is 88.7 cm³/mol. The van der Waals surface area contributed by atoms with Crippen molar-refractivity contribution in [3.8, 4) is 0 Å². The second-order valence-electron chi connectivity index (χ2n) is 5.06. The standard InChI is InChI=1S/C17H19BrN2O/c1-12(13-7-9-15(18)10-8-13)20-17(21)11-16(19)14-5-3-2-4-6-14/h2-10,12,16H,11,19H2,1H3,(H,20,21)/t12-,16+/m1/s1. The van der Waals surface area contributed by atoms with E-state index in [0.717, 1.165) is 15.6 Å². The molecule has 4 heteroatoms. The number of halogens is 1. The van der Waals surface area contributed by atoms with Crippen molar-refractivity contribution < 1.29 is 4.79 Å². The van der Waals surface area contributed by atoms with Gasteiger partial charge in [0, 0.05) is 16.9 Å². The molecule has 1 amide bonds. The zero-order chi connectivity index (χ0) is 15.2. The van der Waals surface area contributed by atoms with Gasteiger partial charge in [-0.05, 0) is 30.2 Å². The molecule has 0 aromatic heterocycles. The lowest BCUT2D eigenvalue weighted by molar-refractivity contribution is -0.122. The topological polar surface area (TPSA) is 55.1 Å². The first kappa shape index (κ1) is 15.7. The van der Waals surface area contributed by atoms with Crippen LogP contribution in [0.3, 0.4) is 0 Å². The summed E-state index contributed by atoms with van der Waals surface area (Å²) in [6, 6.07) is 17.3. The Morgan fingerprint density at radius 3 is 2.33 bits per heavy atom. The van der Waals surface area contributed by atoms with E-state index in [0.29, 0.717) is 0 Å². The summed E-state index contributed by atoms with van der Waals surface area (Å²) in [6.07, 6.45) is 0.283. The highest BCUT2D eigenvalue weighted by atomic mass is 79.9. The zero-order valence-electron chi connectivity index (χ0n) is 11.9. The predicted octanol–water partition coefficient (Wildman–Crippen LogP) is 3.72. The van der Waals surface area contributed by atoms with E-state index in [2.05, 4.69) is 21.2 Å². The summed E-state index contributed by atoms with van der Waals surface area (Å²) in [5.41, 5.74) is 8.11. The molecule has 2 rings (SSSR count). The maximum Gasteiger partial charge on any atom is 0.222 e. The first-order valence-corrected chi connectivity index (χ1v) is 7.71. The molecule has 0 unspecified atom stereocenters. The number of nitrogens with two attached hydrogens (primary N) is 1. The van der Waals surface area contributed by atoms with E-state index in [1.807, 2.05) is 61.5 Å². The molecular formula is C17H19BrN2O. The molecule has 0 heterocycles. The molecule has 2 atom stereocenters. The Balaban J connectivity index is 1.91. The molecule has 2 aromatic carbocycles. The van der Waals surface area contributed by atoms with Gasteiger partial charge in [-0.3, -0.25) is 4.79 Å². The number of carbonyl (C=O) groups excluding carboxylic acids is 1. The van der Waals surface area contributed by atoms with Gasteiger partial charge in [0.25, 0.3) is 0 Å². The Hall–Kier alpha value is -1.65. The van der Waals surface area contributed by atoms with Crippen molar-refractivity contribution in [3.05, 3.63) is 70.2 Å². The number of amides is 1. The highest BCUT2D eigenvalue weighted by Crippen LogP contribution is 2.18. The first-order chi connectivity index (χ1) is 10.1. The molecule has 0 bridgehead atoms. The fraction of sp³-hybridized carbons (Fsp3) is 0.235. The SMILES string of the molecule is C[C@@H](NC(=O)C[C@H](N)c1ccccc1)c1ccc(Br)cc1. The summed E-state index contributed by atoms with van der Waals surface area (Å²) >= 11 is 3.40. The Morgan fingerprint density at radius 1 is 1.10 bits per heavy atom. The normalized spacial score (nSPS) is 13.5. The average molecular weight is 347 g/mol. The van der Waals surface area contributed by atoms with Crippen molar-refractivity contribution in [3.63, 3.8) is 0 Å². The molecule has 0 aliphatic carbocycles. The highest BCUT2D eigenvalue weighted by Gasteiger charge is 2.14. The van der Waals surface area contributed by atoms with Crippen LogP contribution in [-0.4, -0.2) is 5.91 Å². The molecule has 21 heavy (non-hydrogen) atoms. The first-order valence-electron chi connectivity index (χ1n) is 6.91. The molecule has 0 aliphatic rings. The molecule has 0 saturated carbocycles. The molecule has 0 spiro atoms. The van der Waals surface area contributed by atoms with Crippen LogP contribution in [0, 0.1) is 0 Å². The van der Waals surface area contributed by atoms with Crippen molar-refractivity contribution in [2.45, 2.75) is 25.4 Å². The minimum absolute atomic E-state index is 0.0337. The van der Waals surface area contributed by atoms with Gasteiger partial charge in [-0.25, -0.2) is 0 Å². The molecule has 0 fully saturated rings. The van der Waals surface area contributed by atoms with E-state index < -0.39 is 0 Å². The Morgan fingerprint density at radius 2 is 1.71 bits per heavy atom. The van der Waals surface area contributed by atoms with Crippen molar-refractivity contribution in [1.82, 2.24) is 5.32 Å². The Kier molecular flexibility index (Phi) is 5.53. The van der Waals surface area contributed by atoms with Crippen molar-refractivity contribution in [2.24, 2.45) is 5.73 Å². The monoisotopic (exact) mass is 346 g/mol. The summed E-state index contributed by atoms with van der Waals surface area (Å²) in [5, 5.41) is 2.98. The fourth-order valence-corrected chi connectivity index (χ4v) is 2.42.